The minimum atomic E-state index is -1.05. The molecule has 1 aromatic carbocycles. The van der Waals surface area contributed by atoms with E-state index in [4.69, 9.17) is 5.11 Å². The third-order valence-electron chi connectivity index (χ3n) is 1.77. The van der Waals surface area contributed by atoms with Crippen LogP contribution in [0.15, 0.2) is 36.5 Å². The van der Waals surface area contributed by atoms with Crippen LogP contribution in [-0.4, -0.2) is 16.0 Å². The minimum Gasteiger partial charge on any atom is -0.478 e. The number of nitro benzene ring substituents is 1. The number of carboxylic acid groups (broad SMARTS) is 1. The molecule has 1 rings (SSSR count). The van der Waals surface area contributed by atoms with Gasteiger partial charge in [-0.3, -0.25) is 10.1 Å². The molecule has 0 heterocycles. The standard InChI is InChI=1S/C10H10N2O4/c13-10(14)4-5-11-7-8-2-1-3-9(6-8)12(15)16/h1-6,11H,7H2,(H,13,14)/b5-4+. The molecule has 0 atom stereocenters. The summed E-state index contributed by atoms with van der Waals surface area (Å²) in [5, 5.41) is 21.5. The second-order valence-electron chi connectivity index (χ2n) is 2.98. The molecule has 0 bridgehead atoms. The number of hydrogen-bond donors (Lipinski definition) is 2. The van der Waals surface area contributed by atoms with E-state index in [0.29, 0.717) is 12.1 Å². The number of carboxylic acids is 1. The SMILES string of the molecule is O=C(O)/C=C/NCc1cccc([N+](=O)[O-])c1. The van der Waals surface area contributed by atoms with Crippen LogP contribution in [-0.2, 0) is 11.3 Å². The summed E-state index contributed by atoms with van der Waals surface area (Å²) in [7, 11) is 0. The first-order valence-electron chi connectivity index (χ1n) is 4.46. The predicted octanol–water partition coefficient (Wildman–Crippen LogP) is 1.28. The van der Waals surface area contributed by atoms with Gasteiger partial charge in [-0.1, -0.05) is 12.1 Å². The predicted molar refractivity (Wildman–Crippen MR) is 56.7 cm³/mol. The van der Waals surface area contributed by atoms with Crippen molar-refractivity contribution in [3.8, 4) is 0 Å². The Balaban J connectivity index is 2.57. The maximum absolute atomic E-state index is 10.5. The first kappa shape index (κ1) is 11.7. The molecule has 16 heavy (non-hydrogen) atoms. The van der Waals surface area contributed by atoms with Crippen molar-refractivity contribution in [2.45, 2.75) is 6.54 Å². The van der Waals surface area contributed by atoms with E-state index in [1.54, 1.807) is 12.1 Å². The molecule has 0 aliphatic heterocycles. The lowest BCUT2D eigenvalue weighted by Gasteiger charge is -2.00. The summed E-state index contributed by atoms with van der Waals surface area (Å²) >= 11 is 0. The summed E-state index contributed by atoms with van der Waals surface area (Å²) in [5.74, 6) is -1.05. The van der Waals surface area contributed by atoms with Crippen molar-refractivity contribution in [2.75, 3.05) is 0 Å². The normalized spacial score (nSPS) is 10.2. The number of nitrogens with zero attached hydrogens (tertiary/aromatic N) is 1. The van der Waals surface area contributed by atoms with Crippen LogP contribution in [0.2, 0.25) is 0 Å². The van der Waals surface area contributed by atoms with Gasteiger partial charge in [0.1, 0.15) is 0 Å². The van der Waals surface area contributed by atoms with Gasteiger partial charge in [0.05, 0.1) is 4.92 Å². The molecular weight excluding hydrogens is 212 g/mol. The van der Waals surface area contributed by atoms with Crippen LogP contribution in [0.4, 0.5) is 5.69 Å². The zero-order chi connectivity index (χ0) is 12.0. The summed E-state index contributed by atoms with van der Waals surface area (Å²) in [4.78, 5) is 20.1. The molecule has 6 nitrogen and oxygen atoms in total. The van der Waals surface area contributed by atoms with Gasteiger partial charge >= 0.3 is 5.97 Å². The van der Waals surface area contributed by atoms with Crippen molar-refractivity contribution in [3.63, 3.8) is 0 Å². The summed E-state index contributed by atoms with van der Waals surface area (Å²) in [6.45, 7) is 0.339. The van der Waals surface area contributed by atoms with Crippen LogP contribution >= 0.6 is 0 Å². The number of carbonyl (C=O) groups is 1. The maximum atomic E-state index is 10.5. The van der Waals surface area contributed by atoms with E-state index in [2.05, 4.69) is 5.32 Å². The second kappa shape index (κ2) is 5.50. The van der Waals surface area contributed by atoms with Gasteiger partial charge in [-0.05, 0) is 5.56 Å². The molecule has 0 spiro atoms. The van der Waals surface area contributed by atoms with Gasteiger partial charge in [0.2, 0.25) is 0 Å². The molecule has 0 radical (unpaired) electrons. The van der Waals surface area contributed by atoms with Crippen LogP contribution in [0.1, 0.15) is 5.56 Å². The van der Waals surface area contributed by atoms with E-state index in [0.717, 1.165) is 6.08 Å². The fraction of sp³-hybridized carbons (Fsp3) is 0.100. The highest BCUT2D eigenvalue weighted by atomic mass is 16.6. The molecule has 0 aliphatic carbocycles. The lowest BCUT2D eigenvalue weighted by Crippen LogP contribution is -2.05. The molecule has 0 amide bonds. The van der Waals surface area contributed by atoms with Crippen LogP contribution in [0.3, 0.4) is 0 Å². The molecular formula is C10H10N2O4. The Morgan fingerprint density at radius 2 is 2.31 bits per heavy atom. The van der Waals surface area contributed by atoms with Crippen molar-refractivity contribution in [1.29, 1.82) is 0 Å². The molecule has 0 aliphatic rings. The third kappa shape index (κ3) is 3.79. The molecule has 6 heteroatoms. The molecule has 1 aromatic rings. The van der Waals surface area contributed by atoms with Gasteiger partial charge in [0, 0.05) is 31.0 Å². The quantitative estimate of drug-likeness (QED) is 0.444. The first-order valence-corrected chi connectivity index (χ1v) is 4.46. The van der Waals surface area contributed by atoms with Gasteiger partial charge in [-0.25, -0.2) is 4.79 Å². The Morgan fingerprint density at radius 3 is 2.94 bits per heavy atom. The van der Waals surface area contributed by atoms with E-state index in [-0.39, 0.29) is 5.69 Å². The number of aliphatic carboxylic acids is 1. The highest BCUT2D eigenvalue weighted by Gasteiger charge is 2.04. The van der Waals surface area contributed by atoms with Crippen molar-refractivity contribution in [2.24, 2.45) is 0 Å². The molecule has 0 saturated heterocycles. The molecule has 84 valence electrons. The second-order valence-corrected chi connectivity index (χ2v) is 2.98. The van der Waals surface area contributed by atoms with E-state index in [9.17, 15) is 14.9 Å². The lowest BCUT2D eigenvalue weighted by molar-refractivity contribution is -0.384. The zero-order valence-corrected chi connectivity index (χ0v) is 8.29. The highest BCUT2D eigenvalue weighted by molar-refractivity contribution is 5.79. The Kier molecular flexibility index (Phi) is 4.02. The van der Waals surface area contributed by atoms with Gasteiger partial charge in [-0.15, -0.1) is 0 Å². The van der Waals surface area contributed by atoms with E-state index >= 15 is 0 Å². The van der Waals surface area contributed by atoms with Crippen LogP contribution in [0.5, 0.6) is 0 Å². The average Bonchev–Trinajstić information content (AvgIpc) is 2.24. The van der Waals surface area contributed by atoms with Crippen molar-refractivity contribution >= 4 is 11.7 Å². The molecule has 0 aromatic heterocycles. The summed E-state index contributed by atoms with van der Waals surface area (Å²) in [5.41, 5.74) is 0.728. The molecule has 0 saturated carbocycles. The van der Waals surface area contributed by atoms with E-state index in [1.807, 2.05) is 0 Å². The van der Waals surface area contributed by atoms with Crippen molar-refractivity contribution in [1.82, 2.24) is 5.32 Å². The largest absolute Gasteiger partial charge is 0.478 e. The maximum Gasteiger partial charge on any atom is 0.329 e. The van der Waals surface area contributed by atoms with E-state index in [1.165, 1.54) is 18.3 Å². The number of nitro groups is 1. The zero-order valence-electron chi connectivity index (χ0n) is 8.29. The molecule has 0 unspecified atom stereocenters. The first-order chi connectivity index (χ1) is 7.59. The average molecular weight is 222 g/mol. The van der Waals surface area contributed by atoms with Gasteiger partial charge in [-0.2, -0.15) is 0 Å². The topological polar surface area (TPSA) is 92.5 Å². The van der Waals surface area contributed by atoms with Crippen molar-refractivity contribution in [3.05, 3.63) is 52.2 Å². The highest BCUT2D eigenvalue weighted by Crippen LogP contribution is 2.12. The smallest absolute Gasteiger partial charge is 0.329 e. The lowest BCUT2D eigenvalue weighted by atomic mass is 10.2. The minimum absolute atomic E-state index is 0.0153. The number of non-ortho nitro benzene ring substituents is 1. The van der Waals surface area contributed by atoms with Gasteiger partial charge in [0.25, 0.3) is 5.69 Å². The fourth-order valence-corrected chi connectivity index (χ4v) is 1.09. The van der Waals surface area contributed by atoms with Gasteiger partial charge in [0.15, 0.2) is 0 Å². The third-order valence-corrected chi connectivity index (χ3v) is 1.77. The Hall–Kier alpha value is -2.37. The number of benzene rings is 1. The van der Waals surface area contributed by atoms with Crippen LogP contribution in [0, 0.1) is 10.1 Å². The van der Waals surface area contributed by atoms with Crippen LogP contribution in [0.25, 0.3) is 0 Å². The number of hydrogen-bond acceptors (Lipinski definition) is 4. The van der Waals surface area contributed by atoms with Crippen molar-refractivity contribution < 1.29 is 14.8 Å². The monoisotopic (exact) mass is 222 g/mol. The Labute approximate surface area is 91.4 Å². The summed E-state index contributed by atoms with van der Waals surface area (Å²) in [6.07, 6.45) is 2.23. The summed E-state index contributed by atoms with van der Waals surface area (Å²) in [6, 6.07) is 6.13. The number of rotatable bonds is 5. The van der Waals surface area contributed by atoms with Crippen LogP contribution < -0.4 is 5.32 Å². The summed E-state index contributed by atoms with van der Waals surface area (Å²) < 4.78 is 0. The molecule has 2 N–H and O–H groups in total. The Bertz CT molecular complexity index is 429. The molecule has 0 fully saturated rings. The van der Waals surface area contributed by atoms with Gasteiger partial charge < -0.3 is 10.4 Å². The Morgan fingerprint density at radius 1 is 1.56 bits per heavy atom. The van der Waals surface area contributed by atoms with E-state index < -0.39 is 10.9 Å². The fourth-order valence-electron chi connectivity index (χ4n) is 1.09. The number of nitrogens with one attached hydrogen (secondary N) is 1.